The average Bonchev–Trinajstić information content (AvgIpc) is 2.97. The van der Waals surface area contributed by atoms with Gasteiger partial charge in [-0.25, -0.2) is 4.98 Å². The van der Waals surface area contributed by atoms with E-state index in [2.05, 4.69) is 4.98 Å². The molecule has 1 aliphatic rings. The van der Waals surface area contributed by atoms with Crippen molar-refractivity contribution in [2.24, 2.45) is 5.73 Å². The van der Waals surface area contributed by atoms with Crippen molar-refractivity contribution in [1.29, 1.82) is 0 Å². The molecule has 1 aromatic heterocycles. The normalized spacial score (nSPS) is 18.3. The Hall–Kier alpha value is -0.800. The summed E-state index contributed by atoms with van der Waals surface area (Å²) in [6.07, 6.45) is 3.74. The summed E-state index contributed by atoms with van der Waals surface area (Å²) in [5, 5.41) is 0.697. The Morgan fingerprint density at radius 2 is 2.12 bits per heavy atom. The standard InChI is InChI=1S/C12H17ClN2O/c1-11(2,14)12(5-6-12)9-8(13)4-7-15-10(9)16-3/h4,7H,5-6,14H2,1-3H3. The van der Waals surface area contributed by atoms with E-state index in [1.54, 1.807) is 19.4 Å². The minimum atomic E-state index is -0.313. The zero-order chi connectivity index (χ0) is 12.0. The molecular formula is C12H17ClN2O. The quantitative estimate of drug-likeness (QED) is 0.883. The van der Waals surface area contributed by atoms with Gasteiger partial charge in [0.2, 0.25) is 5.88 Å². The Morgan fingerprint density at radius 1 is 1.50 bits per heavy atom. The zero-order valence-electron chi connectivity index (χ0n) is 9.88. The van der Waals surface area contributed by atoms with Gasteiger partial charge >= 0.3 is 0 Å². The Kier molecular flexibility index (Phi) is 2.63. The van der Waals surface area contributed by atoms with E-state index in [-0.39, 0.29) is 11.0 Å². The minimum absolute atomic E-state index is 0.0797. The van der Waals surface area contributed by atoms with Crippen molar-refractivity contribution >= 4 is 11.6 Å². The van der Waals surface area contributed by atoms with Gasteiger partial charge in [0.1, 0.15) is 0 Å². The molecule has 1 heterocycles. The summed E-state index contributed by atoms with van der Waals surface area (Å²) in [4.78, 5) is 4.22. The van der Waals surface area contributed by atoms with Crippen molar-refractivity contribution in [1.82, 2.24) is 4.98 Å². The third kappa shape index (κ3) is 1.59. The van der Waals surface area contributed by atoms with E-state index in [1.807, 2.05) is 13.8 Å². The first-order valence-electron chi connectivity index (χ1n) is 5.40. The predicted molar refractivity (Wildman–Crippen MR) is 65.0 cm³/mol. The third-order valence-corrected chi connectivity index (χ3v) is 3.84. The van der Waals surface area contributed by atoms with Crippen LogP contribution in [0.5, 0.6) is 5.88 Å². The molecule has 2 N–H and O–H groups in total. The first kappa shape index (κ1) is 11.7. The second kappa shape index (κ2) is 3.60. The lowest BCUT2D eigenvalue weighted by Crippen LogP contribution is -2.45. The van der Waals surface area contributed by atoms with Crippen LogP contribution in [0.3, 0.4) is 0 Å². The van der Waals surface area contributed by atoms with E-state index < -0.39 is 0 Å². The van der Waals surface area contributed by atoms with E-state index in [0.29, 0.717) is 10.9 Å². The summed E-state index contributed by atoms with van der Waals surface area (Å²) < 4.78 is 5.30. The molecule has 0 atom stereocenters. The maximum Gasteiger partial charge on any atom is 0.218 e. The van der Waals surface area contributed by atoms with Gasteiger partial charge in [-0.2, -0.15) is 0 Å². The molecule has 1 fully saturated rings. The molecule has 0 radical (unpaired) electrons. The van der Waals surface area contributed by atoms with Crippen molar-refractivity contribution in [2.75, 3.05) is 7.11 Å². The van der Waals surface area contributed by atoms with E-state index in [0.717, 1.165) is 18.4 Å². The van der Waals surface area contributed by atoms with Crippen molar-refractivity contribution in [3.05, 3.63) is 22.8 Å². The fraction of sp³-hybridized carbons (Fsp3) is 0.583. The van der Waals surface area contributed by atoms with Crippen molar-refractivity contribution in [3.63, 3.8) is 0 Å². The molecular weight excluding hydrogens is 224 g/mol. The Balaban J connectivity index is 2.56. The third-order valence-electron chi connectivity index (χ3n) is 3.52. The summed E-state index contributed by atoms with van der Waals surface area (Å²) in [7, 11) is 1.61. The maximum atomic E-state index is 6.26. The number of pyridine rings is 1. The zero-order valence-corrected chi connectivity index (χ0v) is 10.6. The fourth-order valence-corrected chi connectivity index (χ4v) is 2.67. The molecule has 4 heteroatoms. The predicted octanol–water partition coefficient (Wildman–Crippen LogP) is 2.51. The molecule has 1 aromatic rings. The lowest BCUT2D eigenvalue weighted by atomic mass is 9.79. The summed E-state index contributed by atoms with van der Waals surface area (Å²) in [6.45, 7) is 4.06. The van der Waals surface area contributed by atoms with Crippen LogP contribution in [-0.2, 0) is 5.41 Å². The lowest BCUT2D eigenvalue weighted by molar-refractivity contribution is 0.350. The largest absolute Gasteiger partial charge is 0.481 e. The van der Waals surface area contributed by atoms with E-state index in [1.165, 1.54) is 0 Å². The highest BCUT2D eigenvalue weighted by atomic mass is 35.5. The summed E-state index contributed by atoms with van der Waals surface area (Å²) >= 11 is 6.26. The number of rotatable bonds is 3. The van der Waals surface area contributed by atoms with Crippen LogP contribution >= 0.6 is 11.6 Å². The molecule has 0 aliphatic heterocycles. The van der Waals surface area contributed by atoms with Crippen molar-refractivity contribution in [2.45, 2.75) is 37.6 Å². The Labute approximate surface area is 101 Å². The van der Waals surface area contributed by atoms with Crippen LogP contribution in [0.4, 0.5) is 0 Å². The van der Waals surface area contributed by atoms with Crippen LogP contribution in [0.15, 0.2) is 12.3 Å². The first-order valence-corrected chi connectivity index (χ1v) is 5.78. The van der Waals surface area contributed by atoms with Crippen LogP contribution in [0.1, 0.15) is 32.3 Å². The van der Waals surface area contributed by atoms with Crippen molar-refractivity contribution < 1.29 is 4.74 Å². The van der Waals surface area contributed by atoms with Crippen LogP contribution < -0.4 is 10.5 Å². The number of nitrogens with two attached hydrogens (primary N) is 1. The molecule has 0 saturated heterocycles. The van der Waals surface area contributed by atoms with Crippen LogP contribution in [0.2, 0.25) is 5.02 Å². The molecule has 0 spiro atoms. The summed E-state index contributed by atoms with van der Waals surface area (Å²) in [6, 6.07) is 1.80. The molecule has 1 saturated carbocycles. The Morgan fingerprint density at radius 3 is 2.56 bits per heavy atom. The number of aromatic nitrogens is 1. The second-order valence-corrected chi connectivity index (χ2v) is 5.39. The number of nitrogens with zero attached hydrogens (tertiary/aromatic N) is 1. The maximum absolute atomic E-state index is 6.26. The number of hydrogen-bond acceptors (Lipinski definition) is 3. The molecule has 0 amide bonds. The van der Waals surface area contributed by atoms with Gasteiger partial charge in [0, 0.05) is 22.7 Å². The van der Waals surface area contributed by atoms with Gasteiger partial charge in [0.25, 0.3) is 0 Å². The van der Waals surface area contributed by atoms with Crippen molar-refractivity contribution in [3.8, 4) is 5.88 Å². The summed E-state index contributed by atoms with van der Waals surface area (Å²) in [5.74, 6) is 0.600. The minimum Gasteiger partial charge on any atom is -0.481 e. The highest BCUT2D eigenvalue weighted by molar-refractivity contribution is 6.31. The average molecular weight is 241 g/mol. The van der Waals surface area contributed by atoms with Gasteiger partial charge in [-0.1, -0.05) is 11.6 Å². The topological polar surface area (TPSA) is 48.1 Å². The van der Waals surface area contributed by atoms with Crippen LogP contribution in [0.25, 0.3) is 0 Å². The number of halogens is 1. The molecule has 3 nitrogen and oxygen atoms in total. The number of hydrogen-bond donors (Lipinski definition) is 1. The van der Waals surface area contributed by atoms with E-state index in [4.69, 9.17) is 22.1 Å². The summed E-state index contributed by atoms with van der Waals surface area (Å²) in [5.41, 5.74) is 6.83. The number of ether oxygens (including phenoxy) is 1. The van der Waals surface area contributed by atoms with E-state index in [9.17, 15) is 0 Å². The molecule has 0 bridgehead atoms. The van der Waals surface area contributed by atoms with Gasteiger partial charge < -0.3 is 10.5 Å². The van der Waals surface area contributed by atoms with Gasteiger partial charge in [0.15, 0.2) is 0 Å². The highest BCUT2D eigenvalue weighted by Crippen LogP contribution is 2.58. The molecule has 88 valence electrons. The molecule has 2 rings (SSSR count). The van der Waals surface area contributed by atoms with Gasteiger partial charge in [-0.3, -0.25) is 0 Å². The first-order chi connectivity index (χ1) is 7.42. The Bertz CT molecular complexity index is 408. The molecule has 0 aromatic carbocycles. The SMILES string of the molecule is COc1nccc(Cl)c1C1(C(C)(C)N)CC1. The lowest BCUT2D eigenvalue weighted by Gasteiger charge is -2.32. The molecule has 16 heavy (non-hydrogen) atoms. The highest BCUT2D eigenvalue weighted by Gasteiger charge is 2.56. The molecule has 1 aliphatic carbocycles. The van der Waals surface area contributed by atoms with E-state index >= 15 is 0 Å². The van der Waals surface area contributed by atoms with Crippen LogP contribution in [0, 0.1) is 0 Å². The second-order valence-electron chi connectivity index (χ2n) is 4.98. The monoisotopic (exact) mass is 240 g/mol. The number of methoxy groups -OCH3 is 1. The smallest absolute Gasteiger partial charge is 0.218 e. The van der Waals surface area contributed by atoms with Gasteiger partial charge in [0.05, 0.1) is 12.1 Å². The van der Waals surface area contributed by atoms with Gasteiger partial charge in [-0.15, -0.1) is 0 Å². The van der Waals surface area contributed by atoms with Gasteiger partial charge in [-0.05, 0) is 32.8 Å². The molecule has 0 unspecified atom stereocenters. The van der Waals surface area contributed by atoms with Crippen LogP contribution in [-0.4, -0.2) is 17.6 Å². The fourth-order valence-electron chi connectivity index (χ4n) is 2.35.